The number of fused-ring (bicyclic) bond motifs is 2. The summed E-state index contributed by atoms with van der Waals surface area (Å²) in [6, 6.07) is 23.7. The number of nitrogens with zero attached hydrogens (tertiary/aromatic N) is 4. The van der Waals surface area contributed by atoms with Crippen LogP contribution in [-0.4, -0.2) is 40.3 Å². The molecule has 12 heteroatoms. The van der Waals surface area contributed by atoms with Crippen LogP contribution in [0, 0.1) is 11.3 Å². The van der Waals surface area contributed by atoms with Gasteiger partial charge in [-0.3, -0.25) is 10.1 Å². The molecular weight excluding hydrogens is 635 g/mol. The van der Waals surface area contributed by atoms with Crippen molar-refractivity contribution >= 4 is 55.2 Å². The fourth-order valence-corrected chi connectivity index (χ4v) is 8.03. The van der Waals surface area contributed by atoms with Crippen LogP contribution in [0.1, 0.15) is 57.6 Å². The van der Waals surface area contributed by atoms with Crippen molar-refractivity contribution < 1.29 is 24.2 Å². The predicted molar refractivity (Wildman–Crippen MR) is 181 cm³/mol. The highest BCUT2D eigenvalue weighted by molar-refractivity contribution is 7.22. The number of carboxylic acid groups (broad SMARTS) is 1. The summed E-state index contributed by atoms with van der Waals surface area (Å²) in [5.74, 6) is 0.583. The van der Waals surface area contributed by atoms with E-state index in [1.807, 2.05) is 66.7 Å². The Morgan fingerprint density at radius 3 is 2.62 bits per heavy atom. The Labute approximate surface area is 279 Å². The highest BCUT2D eigenvalue weighted by atomic mass is 32.1. The maximum atomic E-state index is 13.4. The molecule has 1 amide bonds. The molecule has 0 radical (unpaired) electrons. The van der Waals surface area contributed by atoms with E-state index in [0.29, 0.717) is 54.8 Å². The number of ether oxygens (including phenoxy) is 2. The number of nitriles is 1. The monoisotopic (exact) mass is 665 g/mol. The van der Waals surface area contributed by atoms with Gasteiger partial charge in [0.05, 0.1) is 33.2 Å². The lowest BCUT2D eigenvalue weighted by Gasteiger charge is -2.35. The highest BCUT2D eigenvalue weighted by Gasteiger charge is 2.38. The number of anilines is 2. The van der Waals surface area contributed by atoms with Crippen molar-refractivity contribution in [2.75, 3.05) is 23.4 Å². The molecule has 0 saturated heterocycles. The molecule has 7 rings (SSSR count). The third-order valence-corrected chi connectivity index (χ3v) is 10.9. The Kier molecular flexibility index (Phi) is 8.49. The molecule has 238 valence electrons. The maximum Gasteiger partial charge on any atom is 0.512 e. The number of amides is 1. The van der Waals surface area contributed by atoms with Crippen LogP contribution in [0.25, 0.3) is 10.2 Å². The molecule has 1 aliphatic heterocycles. The van der Waals surface area contributed by atoms with Gasteiger partial charge in [-0.25, -0.2) is 9.78 Å². The second-order valence-corrected chi connectivity index (χ2v) is 13.8. The van der Waals surface area contributed by atoms with E-state index in [1.54, 1.807) is 0 Å². The first-order valence-corrected chi connectivity index (χ1v) is 17.1. The smallest absolute Gasteiger partial charge is 0.494 e. The van der Waals surface area contributed by atoms with Crippen molar-refractivity contribution in [1.82, 2.24) is 9.97 Å². The van der Waals surface area contributed by atoms with E-state index in [9.17, 15) is 20.0 Å². The molecule has 0 atom stereocenters. The molecule has 1 saturated carbocycles. The number of hydrogen-bond acceptors (Lipinski definition) is 10. The molecule has 10 nitrogen and oxygen atoms in total. The van der Waals surface area contributed by atoms with Crippen LogP contribution >= 0.6 is 22.7 Å². The van der Waals surface area contributed by atoms with Crippen LogP contribution in [0.4, 0.5) is 15.1 Å². The number of aryl methyl sites for hydroxylation is 1. The summed E-state index contributed by atoms with van der Waals surface area (Å²) in [6.45, 7) is 1.54. The summed E-state index contributed by atoms with van der Waals surface area (Å²) in [6.07, 6.45) is 3.31. The van der Waals surface area contributed by atoms with Gasteiger partial charge in [0.2, 0.25) is 5.88 Å². The second kappa shape index (κ2) is 13.0. The Morgan fingerprint density at radius 2 is 1.87 bits per heavy atom. The quantitative estimate of drug-likeness (QED) is 0.114. The standard InChI is InChI=1S/C35H31N5O5S2/c36-21-35(16-5-17-35)23-11-13-24(14-12-23)44-19-4-10-29-31(45-34(42)43)39-33(47-29)40-18-15-22-6-3-7-25(26(22)20-40)30(41)38-32-37-27-8-1-2-9-28(27)46-32/h1-3,6-9,11-14H,4-5,10,15-20H2,(H,42,43)(H,37,38,41). The number of aromatic nitrogens is 2. The first-order chi connectivity index (χ1) is 22.9. The Morgan fingerprint density at radius 1 is 1.04 bits per heavy atom. The largest absolute Gasteiger partial charge is 0.512 e. The summed E-state index contributed by atoms with van der Waals surface area (Å²) in [5, 5.41) is 23.1. The zero-order valence-corrected chi connectivity index (χ0v) is 27.0. The molecule has 3 aromatic carbocycles. The van der Waals surface area contributed by atoms with Gasteiger partial charge in [-0.2, -0.15) is 10.2 Å². The number of nitrogens with one attached hydrogen (secondary N) is 1. The Balaban J connectivity index is 1.02. The molecule has 47 heavy (non-hydrogen) atoms. The molecule has 2 aliphatic rings. The van der Waals surface area contributed by atoms with Gasteiger partial charge in [0, 0.05) is 18.7 Å². The average Bonchev–Trinajstić information content (AvgIpc) is 3.66. The van der Waals surface area contributed by atoms with E-state index in [4.69, 9.17) is 9.47 Å². The van der Waals surface area contributed by atoms with Crippen molar-refractivity contribution in [2.24, 2.45) is 0 Å². The highest BCUT2D eigenvalue weighted by Crippen LogP contribution is 2.43. The SMILES string of the molecule is N#CC1(c2ccc(OCCCc3sc(N4CCc5cccc(C(=O)Nc6nc7ccccc7s6)c5C4)nc3OC(=O)O)cc2)CCC1. The third kappa shape index (κ3) is 6.37. The average molecular weight is 666 g/mol. The number of carbonyl (C=O) groups excluding carboxylic acids is 1. The number of thiazole rings is 2. The summed E-state index contributed by atoms with van der Waals surface area (Å²) < 4.78 is 12.0. The lowest BCUT2D eigenvalue weighted by molar-refractivity contribution is 0.102. The lowest BCUT2D eigenvalue weighted by atomic mass is 9.65. The second-order valence-electron chi connectivity index (χ2n) is 11.7. The van der Waals surface area contributed by atoms with Gasteiger partial charge in [-0.05, 0) is 85.5 Å². The molecule has 1 fully saturated rings. The molecular formula is C35H31N5O5S2. The van der Waals surface area contributed by atoms with Crippen LogP contribution < -0.4 is 19.7 Å². The Hall–Kier alpha value is -4.99. The van der Waals surface area contributed by atoms with Crippen molar-refractivity contribution in [3.05, 3.63) is 93.9 Å². The molecule has 1 aliphatic carbocycles. The summed E-state index contributed by atoms with van der Waals surface area (Å²) in [7, 11) is 0. The summed E-state index contributed by atoms with van der Waals surface area (Å²) in [4.78, 5) is 36.8. The van der Waals surface area contributed by atoms with Crippen molar-refractivity contribution in [2.45, 2.75) is 50.5 Å². The van der Waals surface area contributed by atoms with Gasteiger partial charge in [0.25, 0.3) is 5.91 Å². The fraction of sp³-hybridized carbons (Fsp3) is 0.286. The van der Waals surface area contributed by atoms with Gasteiger partial charge >= 0.3 is 6.16 Å². The molecule has 3 heterocycles. The topological polar surface area (TPSA) is 138 Å². The first kappa shape index (κ1) is 30.7. The van der Waals surface area contributed by atoms with E-state index in [1.165, 1.54) is 22.7 Å². The minimum atomic E-state index is -1.42. The van der Waals surface area contributed by atoms with Gasteiger partial charge in [-0.15, -0.1) is 0 Å². The zero-order valence-electron chi connectivity index (χ0n) is 25.4. The molecule has 0 spiro atoms. The van der Waals surface area contributed by atoms with E-state index in [-0.39, 0.29) is 17.2 Å². The van der Waals surface area contributed by atoms with Crippen molar-refractivity contribution in [1.29, 1.82) is 5.26 Å². The summed E-state index contributed by atoms with van der Waals surface area (Å²) in [5.41, 5.74) is 4.10. The molecule has 2 N–H and O–H groups in total. The van der Waals surface area contributed by atoms with Gasteiger partial charge < -0.3 is 19.5 Å². The summed E-state index contributed by atoms with van der Waals surface area (Å²) >= 11 is 2.83. The normalized spacial score (nSPS) is 14.9. The molecule has 2 aromatic heterocycles. The number of carbonyl (C=O) groups is 2. The van der Waals surface area contributed by atoms with E-state index in [2.05, 4.69) is 26.3 Å². The maximum absolute atomic E-state index is 13.4. The first-order valence-electron chi connectivity index (χ1n) is 15.5. The molecule has 5 aromatic rings. The van der Waals surface area contributed by atoms with E-state index >= 15 is 0 Å². The third-order valence-electron chi connectivity index (χ3n) is 8.78. The predicted octanol–water partition coefficient (Wildman–Crippen LogP) is 7.58. The number of benzene rings is 3. The van der Waals surface area contributed by atoms with Crippen molar-refractivity contribution in [3.63, 3.8) is 0 Å². The van der Waals surface area contributed by atoms with Gasteiger partial charge in [0.1, 0.15) is 5.75 Å². The minimum Gasteiger partial charge on any atom is -0.494 e. The van der Waals surface area contributed by atoms with Crippen LogP contribution in [0.5, 0.6) is 11.6 Å². The van der Waals surface area contributed by atoms with Crippen LogP contribution in [0.2, 0.25) is 0 Å². The zero-order chi connectivity index (χ0) is 32.4. The minimum absolute atomic E-state index is 0.0804. The lowest BCUT2D eigenvalue weighted by Crippen LogP contribution is -2.32. The van der Waals surface area contributed by atoms with Crippen LogP contribution in [-0.2, 0) is 24.8 Å². The van der Waals surface area contributed by atoms with Gasteiger partial charge in [-0.1, -0.05) is 59.1 Å². The van der Waals surface area contributed by atoms with E-state index in [0.717, 1.165) is 56.8 Å². The molecule has 0 bridgehead atoms. The van der Waals surface area contributed by atoms with E-state index < -0.39 is 6.16 Å². The number of para-hydroxylation sites is 1. The number of rotatable bonds is 10. The van der Waals surface area contributed by atoms with Gasteiger partial charge in [0.15, 0.2) is 10.3 Å². The fourth-order valence-electron chi connectivity index (χ4n) is 6.12. The number of hydrogen-bond donors (Lipinski definition) is 2. The van der Waals surface area contributed by atoms with Crippen LogP contribution in [0.3, 0.4) is 0 Å². The molecule has 0 unspecified atom stereocenters. The van der Waals surface area contributed by atoms with Crippen LogP contribution in [0.15, 0.2) is 66.7 Å². The Bertz CT molecular complexity index is 1960. The van der Waals surface area contributed by atoms with Crippen molar-refractivity contribution in [3.8, 4) is 17.7 Å².